The van der Waals surface area contributed by atoms with Gasteiger partial charge in [-0.05, 0) is 58.9 Å². The van der Waals surface area contributed by atoms with E-state index in [1.807, 2.05) is 0 Å². The monoisotopic (exact) mass is 392 g/mol. The van der Waals surface area contributed by atoms with Crippen molar-refractivity contribution < 1.29 is 4.57 Å². The molecule has 0 fully saturated rings. The van der Waals surface area contributed by atoms with Gasteiger partial charge in [0.1, 0.15) is 6.17 Å². The Morgan fingerprint density at radius 3 is 2.21 bits per heavy atom. The molecule has 0 radical (unpaired) electrons. The molecule has 5 heteroatoms. The molecule has 5 nitrogen and oxygen atoms in total. The van der Waals surface area contributed by atoms with E-state index in [1.54, 1.807) is 0 Å². The summed E-state index contributed by atoms with van der Waals surface area (Å²) in [6, 6.07) is 13.6. The van der Waals surface area contributed by atoms with Gasteiger partial charge in [-0.2, -0.15) is 0 Å². The van der Waals surface area contributed by atoms with Gasteiger partial charge in [-0.3, -0.25) is 4.90 Å². The number of aromatic nitrogens is 3. The molecule has 0 N–H and O–H groups in total. The minimum atomic E-state index is -0.156. The minimum absolute atomic E-state index is 0.156. The third kappa shape index (κ3) is 2.78. The average Bonchev–Trinajstić information content (AvgIpc) is 3.30. The van der Waals surface area contributed by atoms with E-state index in [2.05, 4.69) is 128 Å². The molecule has 0 saturated heterocycles. The van der Waals surface area contributed by atoms with Crippen LogP contribution in [0.5, 0.6) is 0 Å². The lowest BCUT2D eigenvalue weighted by atomic mass is 9.96. The first-order chi connectivity index (χ1) is 13.7. The van der Waals surface area contributed by atoms with Gasteiger partial charge < -0.3 is 9.47 Å². The van der Waals surface area contributed by atoms with Crippen LogP contribution in [-0.2, 0) is 19.6 Å². The normalized spacial score (nSPS) is 16.8. The summed E-state index contributed by atoms with van der Waals surface area (Å²) in [5.74, 6) is 2.49. The van der Waals surface area contributed by atoms with Gasteiger partial charge in [-0.15, -0.1) is 0 Å². The van der Waals surface area contributed by atoms with Crippen LogP contribution < -0.4 is 14.4 Å². The standard InChI is InChI=1S/C24H34N5/c1-17(2)27-16-23(26(8)18(27)3)28-19(4)29(21-13-10-9-12-20(21)28)24(5,6)22-14-11-15-25(22)7/h9-17,19H,1-8H3/q+1/t19-/m1/s1. The number of fused-ring (bicyclic) bond motifs is 1. The molecule has 0 aliphatic carbocycles. The summed E-state index contributed by atoms with van der Waals surface area (Å²) in [7, 11) is 4.30. The quantitative estimate of drug-likeness (QED) is 0.596. The first kappa shape index (κ1) is 19.6. The Bertz CT molecular complexity index is 1040. The van der Waals surface area contributed by atoms with Gasteiger partial charge >= 0.3 is 0 Å². The van der Waals surface area contributed by atoms with E-state index in [0.29, 0.717) is 6.04 Å². The van der Waals surface area contributed by atoms with Crippen molar-refractivity contribution in [2.45, 2.75) is 59.3 Å². The largest absolute Gasteiger partial charge is 0.352 e. The van der Waals surface area contributed by atoms with Crippen molar-refractivity contribution in [3.8, 4) is 0 Å². The fourth-order valence-electron chi connectivity index (χ4n) is 5.08. The van der Waals surface area contributed by atoms with Gasteiger partial charge in [-0.1, -0.05) is 12.1 Å². The highest BCUT2D eigenvalue weighted by molar-refractivity contribution is 5.83. The number of aryl methyl sites for hydroxylation is 1. The predicted octanol–water partition coefficient (Wildman–Crippen LogP) is 4.78. The first-order valence-corrected chi connectivity index (χ1v) is 10.5. The molecule has 0 unspecified atom stereocenters. The van der Waals surface area contributed by atoms with Crippen LogP contribution in [0.3, 0.4) is 0 Å². The van der Waals surface area contributed by atoms with E-state index in [0.717, 1.165) is 0 Å². The summed E-state index contributed by atoms with van der Waals surface area (Å²) in [6.07, 6.45) is 4.62. The summed E-state index contributed by atoms with van der Waals surface area (Å²) < 4.78 is 6.90. The van der Waals surface area contributed by atoms with Crippen LogP contribution in [0.2, 0.25) is 0 Å². The van der Waals surface area contributed by atoms with Crippen LogP contribution in [0.1, 0.15) is 52.2 Å². The Morgan fingerprint density at radius 2 is 1.66 bits per heavy atom. The number of nitrogens with zero attached hydrogens (tertiary/aromatic N) is 5. The van der Waals surface area contributed by atoms with Gasteiger partial charge in [0.05, 0.1) is 30.0 Å². The first-order valence-electron chi connectivity index (χ1n) is 10.5. The Morgan fingerprint density at radius 1 is 1.00 bits per heavy atom. The predicted molar refractivity (Wildman–Crippen MR) is 120 cm³/mol. The van der Waals surface area contributed by atoms with Crippen LogP contribution >= 0.6 is 0 Å². The smallest absolute Gasteiger partial charge is 0.254 e. The maximum atomic E-state index is 2.56. The van der Waals surface area contributed by atoms with Gasteiger partial charge in [0.2, 0.25) is 5.82 Å². The second kappa shape index (κ2) is 6.68. The van der Waals surface area contributed by atoms with Crippen molar-refractivity contribution in [2.24, 2.45) is 14.1 Å². The highest BCUT2D eigenvalue weighted by Crippen LogP contribution is 2.49. The van der Waals surface area contributed by atoms with Gasteiger partial charge in [-0.25, -0.2) is 9.13 Å². The Labute approximate surface area is 174 Å². The molecule has 3 heterocycles. The van der Waals surface area contributed by atoms with Crippen LogP contribution in [0, 0.1) is 6.92 Å². The molecule has 0 bridgehead atoms. The van der Waals surface area contributed by atoms with E-state index in [4.69, 9.17) is 0 Å². The zero-order valence-corrected chi connectivity index (χ0v) is 19.0. The Balaban J connectivity index is 1.88. The number of anilines is 3. The zero-order chi connectivity index (χ0) is 21.1. The number of rotatable bonds is 4. The van der Waals surface area contributed by atoms with Crippen LogP contribution in [0.15, 0.2) is 48.8 Å². The van der Waals surface area contributed by atoms with Crippen molar-refractivity contribution >= 4 is 17.2 Å². The molecule has 2 aromatic heterocycles. The fourth-order valence-corrected chi connectivity index (χ4v) is 5.08. The summed E-state index contributed by atoms with van der Waals surface area (Å²) in [5, 5.41) is 0. The molecule has 1 aliphatic rings. The van der Waals surface area contributed by atoms with E-state index >= 15 is 0 Å². The second-order valence-electron chi connectivity index (χ2n) is 9.02. The van der Waals surface area contributed by atoms with Gasteiger partial charge in [0.15, 0.2) is 6.20 Å². The Hall–Kier alpha value is -2.69. The molecular weight excluding hydrogens is 358 g/mol. The Kier molecular flexibility index (Phi) is 4.52. The molecule has 1 aliphatic heterocycles. The summed E-state index contributed by atoms with van der Waals surface area (Å²) in [5.41, 5.74) is 3.69. The van der Waals surface area contributed by atoms with Crippen LogP contribution in [-0.4, -0.2) is 15.3 Å². The lowest BCUT2D eigenvalue weighted by Crippen LogP contribution is -2.50. The van der Waals surface area contributed by atoms with E-state index in [-0.39, 0.29) is 11.7 Å². The molecule has 1 aromatic carbocycles. The average molecular weight is 393 g/mol. The lowest BCUT2D eigenvalue weighted by Gasteiger charge is -2.42. The number of imidazole rings is 1. The zero-order valence-electron chi connectivity index (χ0n) is 19.0. The fraction of sp³-hybridized carbons (Fsp3) is 0.458. The number of hydrogen-bond acceptors (Lipinski definition) is 2. The molecule has 0 spiro atoms. The van der Waals surface area contributed by atoms with Crippen molar-refractivity contribution in [3.63, 3.8) is 0 Å². The highest BCUT2D eigenvalue weighted by Gasteiger charge is 2.45. The minimum Gasteiger partial charge on any atom is -0.352 e. The molecule has 29 heavy (non-hydrogen) atoms. The van der Waals surface area contributed by atoms with Crippen molar-refractivity contribution in [3.05, 3.63) is 60.3 Å². The van der Waals surface area contributed by atoms with Gasteiger partial charge in [0, 0.05) is 25.9 Å². The highest BCUT2D eigenvalue weighted by atomic mass is 15.5. The van der Waals surface area contributed by atoms with E-state index < -0.39 is 0 Å². The SMILES string of the molecule is Cc1n(C)c(N2c3ccccc3N(C(C)(C)c3cccn3C)[C@@H]2C)c[n+]1C(C)C. The number of para-hydroxylation sites is 2. The van der Waals surface area contributed by atoms with Crippen molar-refractivity contribution in [1.82, 2.24) is 9.13 Å². The van der Waals surface area contributed by atoms with E-state index in [9.17, 15) is 0 Å². The molecule has 0 amide bonds. The molecule has 0 saturated carbocycles. The molecule has 154 valence electrons. The van der Waals surface area contributed by atoms with Gasteiger partial charge in [0.25, 0.3) is 5.82 Å². The summed E-state index contributed by atoms with van der Waals surface area (Å²) in [6.45, 7) is 13.6. The van der Waals surface area contributed by atoms with Crippen molar-refractivity contribution in [2.75, 3.05) is 9.80 Å². The summed E-state index contributed by atoms with van der Waals surface area (Å²) in [4.78, 5) is 5.03. The van der Waals surface area contributed by atoms with Crippen molar-refractivity contribution in [1.29, 1.82) is 0 Å². The number of benzene rings is 1. The maximum Gasteiger partial charge on any atom is 0.254 e. The summed E-state index contributed by atoms with van der Waals surface area (Å²) >= 11 is 0. The third-order valence-corrected chi connectivity index (χ3v) is 6.58. The van der Waals surface area contributed by atoms with Crippen LogP contribution in [0.25, 0.3) is 0 Å². The van der Waals surface area contributed by atoms with Crippen LogP contribution in [0.4, 0.5) is 17.2 Å². The molecular formula is C24H34N5+. The lowest BCUT2D eigenvalue weighted by molar-refractivity contribution is -0.721. The topological polar surface area (TPSA) is 20.2 Å². The van der Waals surface area contributed by atoms with E-state index in [1.165, 1.54) is 28.7 Å². The molecule has 4 rings (SSSR count). The number of hydrogen-bond donors (Lipinski definition) is 0. The third-order valence-electron chi connectivity index (χ3n) is 6.58. The second-order valence-corrected chi connectivity index (χ2v) is 9.02. The molecule has 3 aromatic rings. The molecule has 1 atom stereocenters. The maximum absolute atomic E-state index is 2.56.